The number of rotatable bonds is 7. The number of fused-ring (bicyclic) bond motifs is 3. The minimum Gasteiger partial charge on any atom is -0.385 e. The number of nitrogens with one attached hydrogen (secondary N) is 1. The molecule has 0 spiro atoms. The maximum atomic E-state index is 3.67. The number of hydrogen-bond donors (Lipinski definition) is 1. The summed E-state index contributed by atoms with van der Waals surface area (Å²) >= 11 is 7.34. The van der Waals surface area contributed by atoms with Gasteiger partial charge in [-0.05, 0) is 70.6 Å². The van der Waals surface area contributed by atoms with Crippen LogP contribution in [0.25, 0.3) is 11.1 Å². The van der Waals surface area contributed by atoms with Crippen LogP contribution < -0.4 is 5.32 Å². The second-order valence-corrected chi connectivity index (χ2v) is 9.34. The number of benzene rings is 3. The van der Waals surface area contributed by atoms with Gasteiger partial charge in [0.2, 0.25) is 0 Å². The van der Waals surface area contributed by atoms with Crippen LogP contribution in [-0.4, -0.2) is 6.54 Å². The van der Waals surface area contributed by atoms with E-state index in [0.717, 1.165) is 15.5 Å². The molecule has 0 aliphatic heterocycles. The van der Waals surface area contributed by atoms with Gasteiger partial charge < -0.3 is 5.32 Å². The molecule has 1 N–H and O–H groups in total. The third-order valence-corrected chi connectivity index (χ3v) is 6.51. The van der Waals surface area contributed by atoms with Crippen molar-refractivity contribution in [1.29, 1.82) is 0 Å². The molecular formula is C25H25Br2N. The van der Waals surface area contributed by atoms with Crippen LogP contribution in [0.5, 0.6) is 0 Å². The van der Waals surface area contributed by atoms with E-state index >= 15 is 0 Å². The Morgan fingerprint density at radius 3 is 2.11 bits per heavy atom. The molecule has 1 aliphatic rings. The lowest BCUT2D eigenvalue weighted by molar-refractivity contribution is 0.685. The Bertz CT molecular complexity index is 929. The Morgan fingerprint density at radius 2 is 1.46 bits per heavy atom. The van der Waals surface area contributed by atoms with Gasteiger partial charge in [0.05, 0.1) is 0 Å². The van der Waals surface area contributed by atoms with Crippen LogP contribution in [0.15, 0.2) is 69.6 Å². The van der Waals surface area contributed by atoms with Gasteiger partial charge in [0.25, 0.3) is 0 Å². The van der Waals surface area contributed by atoms with Crippen LogP contribution in [-0.2, 0) is 0 Å². The maximum Gasteiger partial charge on any atom is 0.0353 e. The van der Waals surface area contributed by atoms with Crippen molar-refractivity contribution in [3.8, 4) is 11.1 Å². The van der Waals surface area contributed by atoms with Crippen LogP contribution in [0.4, 0.5) is 5.69 Å². The van der Waals surface area contributed by atoms with Gasteiger partial charge in [0, 0.05) is 27.1 Å². The summed E-state index contributed by atoms with van der Waals surface area (Å²) in [5, 5.41) is 3.62. The van der Waals surface area contributed by atoms with Crippen molar-refractivity contribution >= 4 is 37.5 Å². The molecule has 144 valence electrons. The summed E-state index contributed by atoms with van der Waals surface area (Å²) in [7, 11) is 0. The van der Waals surface area contributed by atoms with Crippen molar-refractivity contribution < 1.29 is 0 Å². The smallest absolute Gasteiger partial charge is 0.0353 e. The first-order valence-corrected chi connectivity index (χ1v) is 11.7. The summed E-state index contributed by atoms with van der Waals surface area (Å²) in [5.74, 6) is 0.266. The fourth-order valence-corrected chi connectivity index (χ4v) is 4.93. The van der Waals surface area contributed by atoms with Gasteiger partial charge in [-0.3, -0.25) is 0 Å². The lowest BCUT2D eigenvalue weighted by Gasteiger charge is -2.17. The van der Waals surface area contributed by atoms with E-state index in [9.17, 15) is 0 Å². The van der Waals surface area contributed by atoms with Gasteiger partial charge >= 0.3 is 0 Å². The van der Waals surface area contributed by atoms with Crippen LogP contribution in [0.2, 0.25) is 0 Å². The fraction of sp³-hybridized carbons (Fsp3) is 0.280. The summed E-state index contributed by atoms with van der Waals surface area (Å²) in [6.45, 7) is 3.29. The minimum atomic E-state index is 0.266. The predicted molar refractivity (Wildman–Crippen MR) is 127 cm³/mol. The average Bonchev–Trinajstić information content (AvgIpc) is 3.00. The molecule has 0 fully saturated rings. The van der Waals surface area contributed by atoms with E-state index in [4.69, 9.17) is 0 Å². The van der Waals surface area contributed by atoms with Crippen LogP contribution in [0, 0.1) is 0 Å². The normalized spacial score (nSPS) is 12.7. The summed E-state index contributed by atoms with van der Waals surface area (Å²) in [4.78, 5) is 0. The molecule has 1 nitrogen and oxygen atoms in total. The highest BCUT2D eigenvalue weighted by Crippen LogP contribution is 2.49. The van der Waals surface area contributed by atoms with Gasteiger partial charge in [-0.2, -0.15) is 0 Å². The molecule has 3 aromatic rings. The second-order valence-electron chi connectivity index (χ2n) is 7.51. The quantitative estimate of drug-likeness (QED) is 0.252. The lowest BCUT2D eigenvalue weighted by Crippen LogP contribution is -2.04. The number of anilines is 1. The van der Waals surface area contributed by atoms with E-state index in [0.29, 0.717) is 0 Å². The monoisotopic (exact) mass is 497 g/mol. The Kier molecular flexibility index (Phi) is 6.22. The van der Waals surface area contributed by atoms with Crippen molar-refractivity contribution in [2.75, 3.05) is 11.9 Å². The summed E-state index contributed by atoms with van der Waals surface area (Å²) < 4.78 is 2.27. The van der Waals surface area contributed by atoms with E-state index < -0.39 is 0 Å². The molecule has 3 heteroatoms. The molecule has 1 aliphatic carbocycles. The Labute approximate surface area is 184 Å². The van der Waals surface area contributed by atoms with Crippen LogP contribution >= 0.6 is 31.9 Å². The topological polar surface area (TPSA) is 12.0 Å². The molecule has 4 rings (SSSR count). The van der Waals surface area contributed by atoms with Crippen molar-refractivity contribution in [2.24, 2.45) is 0 Å². The number of halogens is 2. The molecule has 0 aromatic heterocycles. The molecule has 0 unspecified atom stereocenters. The SMILES string of the molecule is CCCCCCNc1cccc(C2c3cc(Br)ccc3-c3ccc(Br)cc32)c1. The standard InChI is InChI=1S/C25H25Br2N/c1-2-3-4-5-13-28-20-8-6-7-17(14-20)25-23-15-18(26)9-11-21(23)22-12-10-19(27)16-24(22)25/h6-12,14-16,25,28H,2-5,13H2,1H3. The summed E-state index contributed by atoms with van der Waals surface area (Å²) in [5.41, 5.74) is 8.00. The van der Waals surface area contributed by atoms with E-state index in [1.807, 2.05) is 0 Å². The maximum absolute atomic E-state index is 3.67. The number of unbranched alkanes of at least 4 members (excludes halogenated alkanes) is 3. The molecule has 0 atom stereocenters. The molecule has 0 saturated carbocycles. The van der Waals surface area contributed by atoms with Crippen LogP contribution in [0.3, 0.4) is 0 Å². The molecule has 28 heavy (non-hydrogen) atoms. The highest BCUT2D eigenvalue weighted by Gasteiger charge is 2.30. The number of hydrogen-bond acceptors (Lipinski definition) is 1. The fourth-order valence-electron chi connectivity index (χ4n) is 4.17. The zero-order chi connectivity index (χ0) is 19.5. The van der Waals surface area contributed by atoms with E-state index in [1.165, 1.54) is 59.2 Å². The third kappa shape index (κ3) is 4.06. The Balaban J connectivity index is 1.66. The highest BCUT2D eigenvalue weighted by atomic mass is 79.9. The average molecular weight is 499 g/mol. The largest absolute Gasteiger partial charge is 0.385 e. The van der Waals surface area contributed by atoms with Gasteiger partial charge in [-0.25, -0.2) is 0 Å². The van der Waals surface area contributed by atoms with Gasteiger partial charge in [0.15, 0.2) is 0 Å². The molecule has 3 aromatic carbocycles. The van der Waals surface area contributed by atoms with Crippen molar-refractivity contribution in [3.63, 3.8) is 0 Å². The van der Waals surface area contributed by atoms with Crippen LogP contribution in [0.1, 0.15) is 55.2 Å². The molecule has 0 amide bonds. The van der Waals surface area contributed by atoms with Crippen molar-refractivity contribution in [3.05, 3.63) is 86.3 Å². The van der Waals surface area contributed by atoms with Crippen molar-refractivity contribution in [2.45, 2.75) is 38.5 Å². The van der Waals surface area contributed by atoms with Crippen molar-refractivity contribution in [1.82, 2.24) is 0 Å². The highest BCUT2D eigenvalue weighted by molar-refractivity contribution is 9.10. The predicted octanol–water partition coefficient (Wildman–Crippen LogP) is 8.36. The first-order valence-electron chi connectivity index (χ1n) is 10.1. The lowest BCUT2D eigenvalue weighted by atomic mass is 9.89. The molecule has 0 heterocycles. The zero-order valence-electron chi connectivity index (χ0n) is 16.1. The minimum absolute atomic E-state index is 0.266. The second kappa shape index (κ2) is 8.84. The Hall–Kier alpha value is -1.58. The summed E-state index contributed by atoms with van der Waals surface area (Å²) in [6, 6.07) is 22.3. The third-order valence-electron chi connectivity index (χ3n) is 5.52. The molecule has 0 saturated heterocycles. The van der Waals surface area contributed by atoms with E-state index in [1.54, 1.807) is 0 Å². The molecule has 0 bridgehead atoms. The zero-order valence-corrected chi connectivity index (χ0v) is 19.3. The van der Waals surface area contributed by atoms with E-state index in [2.05, 4.69) is 105 Å². The molecule has 0 radical (unpaired) electrons. The first kappa shape index (κ1) is 19.7. The van der Waals surface area contributed by atoms with Gasteiger partial charge in [-0.15, -0.1) is 0 Å². The summed E-state index contributed by atoms with van der Waals surface area (Å²) in [6.07, 6.45) is 5.13. The van der Waals surface area contributed by atoms with Gasteiger partial charge in [0.1, 0.15) is 0 Å². The first-order chi connectivity index (χ1) is 13.7. The molecular weight excluding hydrogens is 474 g/mol. The Morgan fingerprint density at radius 1 is 0.786 bits per heavy atom. The van der Waals surface area contributed by atoms with Gasteiger partial charge in [-0.1, -0.05) is 82.3 Å². The van der Waals surface area contributed by atoms with E-state index in [-0.39, 0.29) is 5.92 Å².